The van der Waals surface area contributed by atoms with Crippen molar-refractivity contribution < 1.29 is 29.3 Å². The first-order valence-corrected chi connectivity index (χ1v) is 10.4. The lowest BCUT2D eigenvalue weighted by Gasteiger charge is -2.44. The molecule has 9 nitrogen and oxygen atoms in total. The van der Waals surface area contributed by atoms with Crippen LogP contribution in [0.5, 0.6) is 5.75 Å². The number of nitrogens with zero attached hydrogens (tertiary/aromatic N) is 2. The Bertz CT molecular complexity index is 1150. The summed E-state index contributed by atoms with van der Waals surface area (Å²) in [5, 5.41) is 20.6. The number of hydrogen-bond donors (Lipinski definition) is 2. The molecular weight excluding hydrogens is 416 g/mol. The van der Waals surface area contributed by atoms with Crippen molar-refractivity contribution in [3.8, 4) is 17.0 Å². The van der Waals surface area contributed by atoms with Gasteiger partial charge in [0, 0.05) is 30.5 Å². The van der Waals surface area contributed by atoms with Crippen molar-refractivity contribution >= 4 is 11.9 Å². The minimum Gasteiger partial charge on any atom is -0.493 e. The monoisotopic (exact) mass is 442 g/mol. The highest BCUT2D eigenvalue weighted by atomic mass is 16.5. The molecule has 3 heterocycles. The predicted octanol–water partition coefficient (Wildman–Crippen LogP) is 2.78. The number of aliphatic carboxylic acids is 1. The van der Waals surface area contributed by atoms with Gasteiger partial charge in [-0.2, -0.15) is 0 Å². The zero-order valence-corrected chi connectivity index (χ0v) is 18.3. The van der Waals surface area contributed by atoms with E-state index in [9.17, 15) is 19.5 Å². The zero-order chi connectivity index (χ0) is 23.2. The molecule has 0 aliphatic carbocycles. The number of rotatable bonds is 7. The third kappa shape index (κ3) is 3.62. The van der Waals surface area contributed by atoms with Crippen LogP contribution in [0.4, 0.5) is 0 Å². The van der Waals surface area contributed by atoms with Gasteiger partial charge in [-0.3, -0.25) is 19.3 Å². The molecule has 1 aromatic heterocycles. The topological polar surface area (TPSA) is 118 Å². The normalized spacial score (nSPS) is 18.0. The van der Waals surface area contributed by atoms with Crippen LogP contribution in [0.3, 0.4) is 0 Å². The van der Waals surface area contributed by atoms with E-state index in [1.165, 1.54) is 12.3 Å². The van der Waals surface area contributed by atoms with E-state index in [0.717, 1.165) is 29.5 Å². The number of methoxy groups -OCH3 is 1. The number of ether oxygens (including phenoxy) is 2. The lowest BCUT2D eigenvalue weighted by atomic mass is 9.92. The first-order chi connectivity index (χ1) is 15.1. The van der Waals surface area contributed by atoms with E-state index in [0.29, 0.717) is 11.4 Å². The summed E-state index contributed by atoms with van der Waals surface area (Å²) in [5.41, 5.74) is 2.01. The van der Waals surface area contributed by atoms with Crippen LogP contribution in [-0.2, 0) is 16.1 Å². The average molecular weight is 442 g/mol. The number of carboxylic acid groups (broad SMARTS) is 2. The number of pyridine rings is 1. The second kappa shape index (κ2) is 7.98. The van der Waals surface area contributed by atoms with Crippen molar-refractivity contribution in [3.05, 3.63) is 51.3 Å². The van der Waals surface area contributed by atoms with Gasteiger partial charge in [0.25, 0.3) is 0 Å². The largest absolute Gasteiger partial charge is 0.493 e. The van der Waals surface area contributed by atoms with Gasteiger partial charge in [-0.05, 0) is 44.4 Å². The fraction of sp³-hybridized carbons (Fsp3) is 0.435. The third-order valence-electron chi connectivity index (χ3n) is 6.18. The molecule has 0 saturated carbocycles. The van der Waals surface area contributed by atoms with Crippen LogP contribution in [0.15, 0.2) is 29.2 Å². The molecule has 9 heteroatoms. The van der Waals surface area contributed by atoms with E-state index in [1.54, 1.807) is 11.8 Å². The van der Waals surface area contributed by atoms with Crippen LogP contribution in [0.2, 0.25) is 0 Å². The van der Waals surface area contributed by atoms with Gasteiger partial charge < -0.3 is 19.7 Å². The number of aromatic nitrogens is 1. The van der Waals surface area contributed by atoms with Crippen molar-refractivity contribution in [2.24, 2.45) is 0 Å². The Morgan fingerprint density at radius 2 is 1.97 bits per heavy atom. The number of carbonyl (C=O) groups is 2. The summed E-state index contributed by atoms with van der Waals surface area (Å²) in [6, 6.07) is 5.12. The van der Waals surface area contributed by atoms with E-state index >= 15 is 0 Å². The molecule has 1 fully saturated rings. The third-order valence-corrected chi connectivity index (χ3v) is 6.18. The number of aromatic carboxylic acids is 1. The number of hydrogen-bond acceptors (Lipinski definition) is 6. The summed E-state index contributed by atoms with van der Waals surface area (Å²) in [6.07, 6.45) is 3.00. The molecule has 0 spiro atoms. The van der Waals surface area contributed by atoms with Gasteiger partial charge >= 0.3 is 11.9 Å². The quantitative estimate of drug-likeness (QED) is 0.672. The summed E-state index contributed by atoms with van der Waals surface area (Å²) in [5.74, 6) is -1.65. The van der Waals surface area contributed by atoms with Crippen LogP contribution in [0, 0.1) is 0 Å². The zero-order valence-electron chi connectivity index (χ0n) is 18.3. The first-order valence-electron chi connectivity index (χ1n) is 10.4. The Morgan fingerprint density at radius 1 is 1.22 bits per heavy atom. The highest BCUT2D eigenvalue weighted by molar-refractivity contribution is 5.88. The number of benzene rings is 1. The van der Waals surface area contributed by atoms with Gasteiger partial charge in [-0.1, -0.05) is 0 Å². The molecule has 1 aromatic carbocycles. The Labute approximate surface area is 184 Å². The molecule has 2 aromatic rings. The molecule has 0 bridgehead atoms. The molecule has 1 saturated heterocycles. The van der Waals surface area contributed by atoms with Gasteiger partial charge in [0.05, 0.1) is 36.9 Å². The van der Waals surface area contributed by atoms with Gasteiger partial charge in [-0.15, -0.1) is 0 Å². The van der Waals surface area contributed by atoms with E-state index in [4.69, 9.17) is 14.6 Å². The Balaban J connectivity index is 1.92. The van der Waals surface area contributed by atoms with Gasteiger partial charge in [0.15, 0.2) is 5.43 Å². The van der Waals surface area contributed by atoms with Crippen LogP contribution < -0.4 is 15.2 Å². The highest BCUT2D eigenvalue weighted by Gasteiger charge is 2.45. The van der Waals surface area contributed by atoms with Crippen LogP contribution in [-0.4, -0.2) is 46.1 Å². The van der Waals surface area contributed by atoms with Crippen LogP contribution >= 0.6 is 0 Å². The SMILES string of the molecule is COCc1cc2c(cc1OCCC(=O)O)[C@H]1CCC(C)(C)N1n1cc(C(=O)O)c(=O)cc1-2. The maximum absolute atomic E-state index is 12.6. The Hall–Kier alpha value is -3.33. The molecule has 0 amide bonds. The maximum atomic E-state index is 12.6. The number of carboxylic acids is 2. The Morgan fingerprint density at radius 3 is 2.62 bits per heavy atom. The lowest BCUT2D eigenvalue weighted by molar-refractivity contribution is -0.137. The molecular formula is C23H26N2O7. The smallest absolute Gasteiger partial charge is 0.341 e. The molecule has 0 radical (unpaired) electrons. The van der Waals surface area contributed by atoms with Crippen LogP contribution in [0.25, 0.3) is 11.3 Å². The van der Waals surface area contributed by atoms with Gasteiger partial charge in [-0.25, -0.2) is 4.79 Å². The second-order valence-electron chi connectivity index (χ2n) is 8.77. The second-order valence-corrected chi connectivity index (χ2v) is 8.77. The molecule has 0 unspecified atom stereocenters. The predicted molar refractivity (Wildman–Crippen MR) is 116 cm³/mol. The molecule has 2 aliphatic heterocycles. The summed E-state index contributed by atoms with van der Waals surface area (Å²) in [7, 11) is 1.55. The van der Waals surface area contributed by atoms with E-state index in [-0.39, 0.29) is 36.8 Å². The molecule has 170 valence electrons. The molecule has 32 heavy (non-hydrogen) atoms. The minimum atomic E-state index is -1.26. The van der Waals surface area contributed by atoms with Crippen molar-refractivity contribution in [2.45, 2.75) is 51.3 Å². The van der Waals surface area contributed by atoms with Crippen LogP contribution in [0.1, 0.15) is 60.6 Å². The summed E-state index contributed by atoms with van der Waals surface area (Å²) >= 11 is 0. The fourth-order valence-corrected chi connectivity index (χ4v) is 4.73. The molecule has 1 atom stereocenters. The van der Waals surface area contributed by atoms with E-state index in [2.05, 4.69) is 18.9 Å². The van der Waals surface area contributed by atoms with Crippen molar-refractivity contribution in [3.63, 3.8) is 0 Å². The summed E-state index contributed by atoms with van der Waals surface area (Å²) in [6.45, 7) is 4.45. The Kier molecular flexibility index (Phi) is 5.46. The molecule has 2 aliphatic rings. The first kappa shape index (κ1) is 21.9. The van der Waals surface area contributed by atoms with Crippen molar-refractivity contribution in [2.75, 3.05) is 18.7 Å². The average Bonchev–Trinajstić information content (AvgIpc) is 3.03. The molecule has 4 rings (SSSR count). The standard InChI is InChI=1S/C23H26N2O7/c1-23(2)6-4-17-15-9-20(32-7-5-21(27)28)13(12-31-3)8-14(15)18-10-19(26)16(22(29)30)11-24(18)25(17)23/h8-11,17H,4-7,12H2,1-3H3,(H,27,28)(H,29,30)/t17-/m1/s1. The summed E-state index contributed by atoms with van der Waals surface area (Å²) < 4.78 is 12.9. The maximum Gasteiger partial charge on any atom is 0.341 e. The van der Waals surface area contributed by atoms with Crippen molar-refractivity contribution in [1.82, 2.24) is 4.68 Å². The highest BCUT2D eigenvalue weighted by Crippen LogP contribution is 2.49. The lowest BCUT2D eigenvalue weighted by Crippen LogP contribution is -2.50. The molecule has 2 N–H and O–H groups in total. The number of fused-ring (bicyclic) bond motifs is 6. The fourth-order valence-electron chi connectivity index (χ4n) is 4.73. The van der Waals surface area contributed by atoms with E-state index < -0.39 is 17.4 Å². The van der Waals surface area contributed by atoms with Crippen molar-refractivity contribution in [1.29, 1.82) is 0 Å². The van der Waals surface area contributed by atoms with E-state index in [1.807, 2.05) is 12.1 Å². The summed E-state index contributed by atoms with van der Waals surface area (Å²) in [4.78, 5) is 35.1. The van der Waals surface area contributed by atoms with Gasteiger partial charge in [0.1, 0.15) is 11.3 Å². The minimum absolute atomic E-state index is 0.0305. The van der Waals surface area contributed by atoms with Gasteiger partial charge in [0.2, 0.25) is 0 Å².